The second kappa shape index (κ2) is 11.9. The van der Waals surface area contributed by atoms with Crippen LogP contribution in [0.3, 0.4) is 0 Å². The maximum atomic E-state index is 14.0. The molecule has 2 heterocycles. The monoisotopic (exact) mass is 510 g/mol. The molecule has 0 saturated carbocycles. The molecule has 0 bridgehead atoms. The summed E-state index contributed by atoms with van der Waals surface area (Å²) in [6.07, 6.45) is 0.700. The van der Waals surface area contributed by atoms with E-state index in [0.717, 1.165) is 43.3 Å². The molecule has 0 atom stereocenters. The van der Waals surface area contributed by atoms with Crippen molar-refractivity contribution < 1.29 is 27.9 Å². The Kier molecular flexibility index (Phi) is 8.93. The Morgan fingerprint density at radius 2 is 1.89 bits per heavy atom. The molecule has 35 heavy (non-hydrogen) atoms. The van der Waals surface area contributed by atoms with Crippen LogP contribution in [-0.4, -0.2) is 71.3 Å². The molecule has 1 aliphatic rings. The Morgan fingerprint density at radius 3 is 2.54 bits per heavy atom. The summed E-state index contributed by atoms with van der Waals surface area (Å²) < 4.78 is 37.2. The molecule has 3 rings (SSSR count). The maximum absolute atomic E-state index is 14.0. The van der Waals surface area contributed by atoms with Gasteiger partial charge in [-0.05, 0) is 49.1 Å². The largest absolute Gasteiger partial charge is 0.471 e. The zero-order valence-corrected chi connectivity index (χ0v) is 20.3. The number of carbonyl (C=O) groups is 3. The van der Waals surface area contributed by atoms with Gasteiger partial charge in [0.15, 0.2) is 0 Å². The van der Waals surface area contributed by atoms with Crippen molar-refractivity contribution in [3.63, 3.8) is 0 Å². The second-order valence-electron chi connectivity index (χ2n) is 8.12. The summed E-state index contributed by atoms with van der Waals surface area (Å²) >= 11 is 0.786. The van der Waals surface area contributed by atoms with Gasteiger partial charge in [-0.3, -0.25) is 19.8 Å². The van der Waals surface area contributed by atoms with E-state index in [-0.39, 0.29) is 40.1 Å². The second-order valence-corrected chi connectivity index (χ2v) is 8.89. The lowest BCUT2D eigenvalue weighted by Crippen LogP contribution is -2.48. The molecule has 0 radical (unpaired) electrons. The molecule has 0 spiro atoms. The number of rotatable bonds is 9. The SMILES string of the molecule is CC(=O)N1CCN(CCCNC(=O)Nc2snc(OCc3cc(F)c(C)cc3F)c2C(N)=O)CC1. The number of hydrogen-bond donors (Lipinski definition) is 3. The summed E-state index contributed by atoms with van der Waals surface area (Å²) in [5, 5.41) is 5.32. The minimum Gasteiger partial charge on any atom is -0.471 e. The van der Waals surface area contributed by atoms with Gasteiger partial charge in [0.05, 0.1) is 0 Å². The molecule has 4 amide bonds. The number of urea groups is 1. The number of carbonyl (C=O) groups excluding carboxylic acids is 3. The molecule has 1 aromatic carbocycles. The van der Waals surface area contributed by atoms with E-state index in [1.807, 2.05) is 0 Å². The van der Waals surface area contributed by atoms with Crippen LogP contribution >= 0.6 is 11.5 Å². The molecule has 190 valence electrons. The first-order chi connectivity index (χ1) is 16.7. The molecule has 10 nitrogen and oxygen atoms in total. The van der Waals surface area contributed by atoms with Gasteiger partial charge >= 0.3 is 6.03 Å². The van der Waals surface area contributed by atoms with Crippen LogP contribution in [0.1, 0.15) is 34.8 Å². The topological polar surface area (TPSA) is 130 Å². The highest BCUT2D eigenvalue weighted by molar-refractivity contribution is 7.11. The summed E-state index contributed by atoms with van der Waals surface area (Å²) in [7, 11) is 0. The summed E-state index contributed by atoms with van der Waals surface area (Å²) in [5.41, 5.74) is 5.38. The molecule has 1 fully saturated rings. The average molecular weight is 511 g/mol. The molecule has 0 aliphatic carbocycles. The number of amides is 4. The summed E-state index contributed by atoms with van der Waals surface area (Å²) in [6.45, 7) is 6.76. The first-order valence-corrected chi connectivity index (χ1v) is 11.8. The van der Waals surface area contributed by atoms with Crippen molar-refractivity contribution in [2.24, 2.45) is 5.73 Å². The summed E-state index contributed by atoms with van der Waals surface area (Å²) in [6, 6.07) is 1.51. The number of aromatic nitrogens is 1. The van der Waals surface area contributed by atoms with E-state index in [0.29, 0.717) is 26.1 Å². The highest BCUT2D eigenvalue weighted by Crippen LogP contribution is 2.31. The van der Waals surface area contributed by atoms with Crippen LogP contribution in [0, 0.1) is 18.6 Å². The smallest absolute Gasteiger partial charge is 0.319 e. The maximum Gasteiger partial charge on any atom is 0.319 e. The van der Waals surface area contributed by atoms with Gasteiger partial charge in [-0.25, -0.2) is 13.6 Å². The standard InChI is InChI=1S/C22H28F2N6O4S/c1-13-10-17(24)15(11-16(13)23)12-34-20-18(19(25)32)21(35-28-20)27-22(33)26-4-3-5-29-6-8-30(9-7-29)14(2)31/h10-11H,3-9,12H2,1-2H3,(H2,25,32)(H2,26,27,33). The van der Waals surface area contributed by atoms with Gasteiger partial charge in [0.25, 0.3) is 5.91 Å². The number of nitrogens with zero attached hydrogens (tertiary/aromatic N) is 3. The molecular formula is C22H28F2N6O4S. The van der Waals surface area contributed by atoms with E-state index in [1.54, 1.807) is 11.8 Å². The zero-order valence-electron chi connectivity index (χ0n) is 19.5. The van der Waals surface area contributed by atoms with Crippen LogP contribution in [0.4, 0.5) is 18.6 Å². The lowest BCUT2D eigenvalue weighted by atomic mass is 10.1. The Labute approximate surface area is 205 Å². The molecular weight excluding hydrogens is 482 g/mol. The molecule has 1 aliphatic heterocycles. The van der Waals surface area contributed by atoms with Crippen molar-refractivity contribution in [1.29, 1.82) is 0 Å². The first kappa shape index (κ1) is 26.3. The summed E-state index contributed by atoms with van der Waals surface area (Å²) in [5.74, 6) is -2.23. The van der Waals surface area contributed by atoms with Crippen LogP contribution in [0.15, 0.2) is 12.1 Å². The highest BCUT2D eigenvalue weighted by Gasteiger charge is 2.23. The minimum atomic E-state index is -0.885. The lowest BCUT2D eigenvalue weighted by Gasteiger charge is -2.34. The molecule has 0 unspecified atom stereocenters. The van der Waals surface area contributed by atoms with E-state index in [2.05, 4.69) is 19.9 Å². The number of primary amides is 1. The third kappa shape index (κ3) is 7.09. The van der Waals surface area contributed by atoms with Crippen molar-refractivity contribution >= 4 is 34.4 Å². The minimum absolute atomic E-state index is 0.0496. The fourth-order valence-electron chi connectivity index (χ4n) is 3.56. The van der Waals surface area contributed by atoms with Gasteiger partial charge in [0, 0.05) is 45.2 Å². The van der Waals surface area contributed by atoms with Gasteiger partial charge in [-0.15, -0.1) is 0 Å². The molecule has 1 saturated heterocycles. The van der Waals surface area contributed by atoms with Gasteiger partial charge in [0.2, 0.25) is 11.8 Å². The fraction of sp³-hybridized carbons (Fsp3) is 0.455. The molecule has 1 aromatic heterocycles. The molecule has 4 N–H and O–H groups in total. The number of aryl methyl sites for hydroxylation is 1. The van der Waals surface area contributed by atoms with Crippen molar-refractivity contribution in [3.05, 3.63) is 40.5 Å². The van der Waals surface area contributed by atoms with Gasteiger partial charge in [-0.2, -0.15) is 4.37 Å². The van der Waals surface area contributed by atoms with E-state index in [1.165, 1.54) is 6.92 Å². The van der Waals surface area contributed by atoms with Crippen LogP contribution in [0.25, 0.3) is 0 Å². The third-order valence-electron chi connectivity index (χ3n) is 5.58. The number of hydrogen-bond acceptors (Lipinski definition) is 7. The van der Waals surface area contributed by atoms with E-state index >= 15 is 0 Å². The Balaban J connectivity index is 1.48. The number of benzene rings is 1. The Hall–Kier alpha value is -3.32. The van der Waals surface area contributed by atoms with Crippen molar-refractivity contribution in [3.8, 4) is 5.88 Å². The number of nitrogens with two attached hydrogens (primary N) is 1. The van der Waals surface area contributed by atoms with Crippen LogP contribution < -0.4 is 21.1 Å². The molecule has 2 aromatic rings. The van der Waals surface area contributed by atoms with Crippen molar-refractivity contribution in [2.45, 2.75) is 26.9 Å². The quantitative estimate of drug-likeness (QED) is 0.443. The highest BCUT2D eigenvalue weighted by atomic mass is 32.1. The van der Waals surface area contributed by atoms with E-state index in [4.69, 9.17) is 10.5 Å². The lowest BCUT2D eigenvalue weighted by molar-refractivity contribution is -0.130. The van der Waals surface area contributed by atoms with Gasteiger partial charge in [0.1, 0.15) is 28.8 Å². The predicted molar refractivity (Wildman–Crippen MR) is 126 cm³/mol. The van der Waals surface area contributed by atoms with Gasteiger partial charge in [-0.1, -0.05) is 0 Å². The zero-order chi connectivity index (χ0) is 25.5. The van der Waals surface area contributed by atoms with Crippen molar-refractivity contribution in [2.75, 3.05) is 44.6 Å². The first-order valence-electron chi connectivity index (χ1n) is 11.0. The average Bonchev–Trinajstić information content (AvgIpc) is 3.21. The predicted octanol–water partition coefficient (Wildman–Crippen LogP) is 2.08. The number of ether oxygens (including phenoxy) is 1. The Bertz CT molecular complexity index is 1090. The van der Waals surface area contributed by atoms with Gasteiger partial charge < -0.3 is 20.7 Å². The summed E-state index contributed by atoms with van der Waals surface area (Å²) in [4.78, 5) is 39.6. The number of anilines is 1. The van der Waals surface area contributed by atoms with Crippen LogP contribution in [0.2, 0.25) is 0 Å². The number of halogens is 2. The van der Waals surface area contributed by atoms with Crippen LogP contribution in [0.5, 0.6) is 5.88 Å². The number of piperazine rings is 1. The number of nitrogens with one attached hydrogen (secondary N) is 2. The van der Waals surface area contributed by atoms with E-state index < -0.39 is 23.6 Å². The Morgan fingerprint density at radius 1 is 1.17 bits per heavy atom. The fourth-order valence-corrected chi connectivity index (χ4v) is 4.29. The van der Waals surface area contributed by atoms with Crippen molar-refractivity contribution in [1.82, 2.24) is 19.5 Å². The van der Waals surface area contributed by atoms with Crippen LogP contribution in [-0.2, 0) is 11.4 Å². The third-order valence-corrected chi connectivity index (χ3v) is 6.33. The normalized spacial score (nSPS) is 14.0. The molecule has 13 heteroatoms. The van der Waals surface area contributed by atoms with E-state index in [9.17, 15) is 23.2 Å².